The van der Waals surface area contributed by atoms with Crippen LogP contribution in [-0.4, -0.2) is 19.9 Å². The highest BCUT2D eigenvalue weighted by Crippen LogP contribution is 2.46. The lowest BCUT2D eigenvalue weighted by Crippen LogP contribution is -2.01. The number of benzene rings is 8. The van der Waals surface area contributed by atoms with E-state index in [0.717, 1.165) is 93.9 Å². The molecule has 5 heteroatoms. The maximum Gasteiger partial charge on any atom is 0.161 e. The van der Waals surface area contributed by atoms with Gasteiger partial charge in [0.2, 0.25) is 0 Å². The Labute approximate surface area is 311 Å². The lowest BCUT2D eigenvalue weighted by atomic mass is 9.87. The molecule has 0 aliphatic carbocycles. The Hall–Kier alpha value is -7.55. The second kappa shape index (κ2) is 12.9. The van der Waals surface area contributed by atoms with Crippen LogP contribution in [0.4, 0.5) is 0 Å². The van der Waals surface area contributed by atoms with Gasteiger partial charge in [-0.2, -0.15) is 5.26 Å². The monoisotopic (exact) mass is 687 g/mol. The summed E-state index contributed by atoms with van der Waals surface area (Å²) in [7, 11) is 0. The van der Waals surface area contributed by atoms with Crippen molar-refractivity contribution in [3.8, 4) is 62.5 Å². The molecular weight excluding hydrogens is 659 g/mol. The van der Waals surface area contributed by atoms with Crippen LogP contribution in [0.25, 0.3) is 99.8 Å². The van der Waals surface area contributed by atoms with Crippen LogP contribution >= 0.6 is 0 Å². The van der Waals surface area contributed by atoms with Crippen LogP contribution in [0.3, 0.4) is 0 Å². The van der Waals surface area contributed by atoms with Gasteiger partial charge in [-0.3, -0.25) is 0 Å². The van der Waals surface area contributed by atoms with Crippen LogP contribution in [0.15, 0.2) is 176 Å². The minimum atomic E-state index is 0.623. The van der Waals surface area contributed by atoms with E-state index in [9.17, 15) is 5.26 Å². The summed E-state index contributed by atoms with van der Waals surface area (Å²) in [6.45, 7) is 0. The number of rotatable bonds is 5. The normalized spacial score (nSPS) is 11.3. The highest BCUT2D eigenvalue weighted by atomic mass is 14.9. The molecule has 0 saturated carbocycles. The number of fused-ring (bicyclic) bond motifs is 4. The average Bonchev–Trinajstić information content (AvgIpc) is 3.25. The van der Waals surface area contributed by atoms with Crippen LogP contribution in [-0.2, 0) is 0 Å². The van der Waals surface area contributed by atoms with E-state index < -0.39 is 0 Å². The number of nitrogens with zero attached hydrogens (tertiary/aromatic N) is 5. The summed E-state index contributed by atoms with van der Waals surface area (Å²) in [6.07, 6.45) is 0. The molecule has 0 saturated heterocycles. The largest absolute Gasteiger partial charge is 0.244 e. The van der Waals surface area contributed by atoms with E-state index in [1.807, 2.05) is 91.0 Å². The summed E-state index contributed by atoms with van der Waals surface area (Å²) in [5.41, 5.74) is 10.4. The molecule has 2 heterocycles. The Kier molecular flexibility index (Phi) is 7.45. The zero-order valence-electron chi connectivity index (χ0n) is 29.0. The van der Waals surface area contributed by atoms with Crippen molar-refractivity contribution < 1.29 is 0 Å². The summed E-state index contributed by atoms with van der Waals surface area (Å²) in [6, 6.07) is 61.9. The molecule has 0 aliphatic rings. The maximum absolute atomic E-state index is 10.0. The fourth-order valence-electron chi connectivity index (χ4n) is 7.66. The topological polar surface area (TPSA) is 75.3 Å². The van der Waals surface area contributed by atoms with Crippen molar-refractivity contribution >= 4 is 43.4 Å². The van der Waals surface area contributed by atoms with Gasteiger partial charge in [-0.25, -0.2) is 19.9 Å². The van der Waals surface area contributed by atoms with E-state index in [1.165, 1.54) is 0 Å². The van der Waals surface area contributed by atoms with Gasteiger partial charge in [-0.1, -0.05) is 152 Å². The van der Waals surface area contributed by atoms with E-state index in [0.29, 0.717) is 11.4 Å². The number of nitriles is 1. The molecule has 250 valence electrons. The maximum atomic E-state index is 10.0. The lowest BCUT2D eigenvalue weighted by Gasteiger charge is -2.19. The number of para-hydroxylation sites is 2. The molecule has 10 aromatic rings. The molecule has 8 aromatic carbocycles. The summed E-state index contributed by atoms with van der Waals surface area (Å²) >= 11 is 0. The summed E-state index contributed by atoms with van der Waals surface area (Å²) in [5.74, 6) is 0.650. The number of hydrogen-bond acceptors (Lipinski definition) is 5. The molecule has 0 bridgehead atoms. The number of aromatic nitrogens is 4. The molecule has 0 atom stereocenters. The van der Waals surface area contributed by atoms with E-state index in [-0.39, 0.29) is 0 Å². The van der Waals surface area contributed by atoms with Crippen LogP contribution in [0.5, 0.6) is 0 Å². The van der Waals surface area contributed by atoms with Gasteiger partial charge in [0.05, 0.1) is 45.4 Å². The third kappa shape index (κ3) is 5.17. The van der Waals surface area contributed by atoms with Crippen molar-refractivity contribution in [2.45, 2.75) is 0 Å². The zero-order valence-corrected chi connectivity index (χ0v) is 29.0. The molecule has 0 spiro atoms. The van der Waals surface area contributed by atoms with Crippen molar-refractivity contribution in [1.82, 2.24) is 19.9 Å². The van der Waals surface area contributed by atoms with Gasteiger partial charge in [0.1, 0.15) is 0 Å². The lowest BCUT2D eigenvalue weighted by molar-refractivity contribution is 1.19. The Morgan fingerprint density at radius 1 is 0.370 bits per heavy atom. The Morgan fingerprint density at radius 3 is 1.35 bits per heavy atom. The van der Waals surface area contributed by atoms with Crippen molar-refractivity contribution in [1.29, 1.82) is 5.26 Å². The van der Waals surface area contributed by atoms with Gasteiger partial charge in [-0.05, 0) is 51.2 Å². The molecule has 54 heavy (non-hydrogen) atoms. The molecule has 10 rings (SSSR count). The standard InChI is InChI=1S/C49H29N5/c50-30-33-27-28-40(35-20-8-7-19-34(33)35)47-48(52-42-26-14-13-25-41(42)51-47)45-36-21-9-11-23-38(36)46(39-24-12-10-22-37(39)45)49-53-43(31-15-3-1-4-16-31)29-44(54-49)32-17-5-2-6-18-32/h1-29H. The van der Waals surface area contributed by atoms with E-state index >= 15 is 0 Å². The van der Waals surface area contributed by atoms with Gasteiger partial charge in [0.25, 0.3) is 0 Å². The van der Waals surface area contributed by atoms with Gasteiger partial charge in [0, 0.05) is 33.2 Å². The molecule has 2 aromatic heterocycles. The van der Waals surface area contributed by atoms with E-state index in [1.54, 1.807) is 0 Å². The van der Waals surface area contributed by atoms with Gasteiger partial charge >= 0.3 is 0 Å². The molecule has 0 aliphatic heterocycles. The predicted octanol–water partition coefficient (Wildman–Crippen LogP) is 12.1. The number of hydrogen-bond donors (Lipinski definition) is 0. The van der Waals surface area contributed by atoms with Crippen LogP contribution in [0, 0.1) is 11.3 Å². The van der Waals surface area contributed by atoms with Crippen LogP contribution in [0.1, 0.15) is 5.56 Å². The van der Waals surface area contributed by atoms with Crippen LogP contribution < -0.4 is 0 Å². The Bertz CT molecular complexity index is 3000. The molecule has 0 fully saturated rings. The first-order valence-electron chi connectivity index (χ1n) is 17.9. The third-order valence-electron chi connectivity index (χ3n) is 10.1. The highest BCUT2D eigenvalue weighted by molar-refractivity contribution is 6.22. The van der Waals surface area contributed by atoms with Crippen molar-refractivity contribution in [2.24, 2.45) is 0 Å². The molecule has 5 nitrogen and oxygen atoms in total. The molecular formula is C49H29N5. The Morgan fingerprint density at radius 2 is 0.815 bits per heavy atom. The van der Waals surface area contributed by atoms with Crippen molar-refractivity contribution in [2.75, 3.05) is 0 Å². The quantitative estimate of drug-likeness (QED) is 0.168. The smallest absolute Gasteiger partial charge is 0.161 e. The second-order valence-corrected chi connectivity index (χ2v) is 13.3. The minimum absolute atomic E-state index is 0.623. The Balaban J connectivity index is 1.32. The first-order chi connectivity index (χ1) is 26.7. The molecule has 0 unspecified atom stereocenters. The fraction of sp³-hybridized carbons (Fsp3) is 0. The predicted molar refractivity (Wildman–Crippen MR) is 220 cm³/mol. The third-order valence-corrected chi connectivity index (χ3v) is 10.1. The summed E-state index contributed by atoms with van der Waals surface area (Å²) in [5, 5.41) is 15.9. The summed E-state index contributed by atoms with van der Waals surface area (Å²) < 4.78 is 0. The first-order valence-corrected chi connectivity index (χ1v) is 17.9. The van der Waals surface area contributed by atoms with Gasteiger partial charge < -0.3 is 0 Å². The average molecular weight is 688 g/mol. The van der Waals surface area contributed by atoms with Gasteiger partial charge in [-0.15, -0.1) is 0 Å². The molecule has 0 N–H and O–H groups in total. The molecule has 0 amide bonds. The van der Waals surface area contributed by atoms with E-state index in [4.69, 9.17) is 19.9 Å². The van der Waals surface area contributed by atoms with Crippen LogP contribution in [0.2, 0.25) is 0 Å². The van der Waals surface area contributed by atoms with E-state index in [2.05, 4.69) is 91.0 Å². The SMILES string of the molecule is N#Cc1ccc(-c2nc3ccccc3nc2-c2c3ccccc3c(-c3nc(-c4ccccc4)cc(-c4ccccc4)n3)c3ccccc23)c2ccccc12. The summed E-state index contributed by atoms with van der Waals surface area (Å²) in [4.78, 5) is 21.4. The molecule has 0 radical (unpaired) electrons. The second-order valence-electron chi connectivity index (χ2n) is 13.3. The highest BCUT2D eigenvalue weighted by Gasteiger charge is 2.24. The van der Waals surface area contributed by atoms with Crippen molar-refractivity contribution in [3.05, 3.63) is 181 Å². The first kappa shape index (κ1) is 31.2. The zero-order chi connectivity index (χ0) is 36.0. The van der Waals surface area contributed by atoms with Crippen molar-refractivity contribution in [3.63, 3.8) is 0 Å². The minimum Gasteiger partial charge on any atom is -0.244 e. The van der Waals surface area contributed by atoms with Gasteiger partial charge in [0.15, 0.2) is 5.82 Å². The fourth-order valence-corrected chi connectivity index (χ4v) is 7.66.